The van der Waals surface area contributed by atoms with Crippen molar-refractivity contribution in [2.24, 2.45) is 4.99 Å². The van der Waals surface area contributed by atoms with E-state index in [4.69, 9.17) is 5.11 Å². The number of carbonyl (C=O) groups is 1. The van der Waals surface area contributed by atoms with Crippen LogP contribution in [0.25, 0.3) is 0 Å². The van der Waals surface area contributed by atoms with Crippen molar-refractivity contribution in [3.63, 3.8) is 0 Å². The molecule has 0 aliphatic rings. The SMILES string of the molecule is CN(Cc1ccccc1)C(=Nc1ccccc1)SCCC(=O)O. The van der Waals surface area contributed by atoms with Crippen molar-refractivity contribution in [2.45, 2.75) is 13.0 Å². The number of amidine groups is 1. The van der Waals surface area contributed by atoms with Crippen LogP contribution in [0.5, 0.6) is 0 Å². The zero-order chi connectivity index (χ0) is 16.5. The molecule has 0 saturated heterocycles. The second-order valence-electron chi connectivity index (χ2n) is 5.06. The van der Waals surface area contributed by atoms with E-state index in [1.807, 2.05) is 55.6 Å². The van der Waals surface area contributed by atoms with Crippen molar-refractivity contribution in [3.05, 3.63) is 66.2 Å². The van der Waals surface area contributed by atoms with E-state index in [0.29, 0.717) is 5.75 Å². The van der Waals surface area contributed by atoms with Crippen LogP contribution in [-0.2, 0) is 11.3 Å². The quantitative estimate of drug-likeness (QED) is 0.643. The van der Waals surface area contributed by atoms with E-state index in [1.54, 1.807) is 0 Å². The third-order valence-corrected chi connectivity index (χ3v) is 4.19. The molecule has 0 amide bonds. The molecule has 0 saturated carbocycles. The van der Waals surface area contributed by atoms with Gasteiger partial charge >= 0.3 is 5.97 Å². The molecule has 0 unspecified atom stereocenters. The van der Waals surface area contributed by atoms with Crippen LogP contribution < -0.4 is 0 Å². The molecule has 5 heteroatoms. The Morgan fingerprint density at radius 2 is 1.70 bits per heavy atom. The standard InChI is InChI=1S/C18H20N2O2S/c1-20(14-15-8-4-2-5-9-15)18(23-13-12-17(21)22)19-16-10-6-3-7-11-16/h2-11H,12-14H2,1H3,(H,21,22). The number of aliphatic imine (C=N–C) groups is 1. The summed E-state index contributed by atoms with van der Waals surface area (Å²) in [6.07, 6.45) is 0.123. The second-order valence-corrected chi connectivity index (χ2v) is 6.13. The molecule has 0 spiro atoms. The Labute approximate surface area is 140 Å². The van der Waals surface area contributed by atoms with Gasteiger partial charge < -0.3 is 10.0 Å². The lowest BCUT2D eigenvalue weighted by atomic mass is 10.2. The molecule has 4 nitrogen and oxygen atoms in total. The Morgan fingerprint density at radius 1 is 1.09 bits per heavy atom. The van der Waals surface area contributed by atoms with E-state index < -0.39 is 5.97 Å². The van der Waals surface area contributed by atoms with E-state index in [-0.39, 0.29) is 6.42 Å². The Hall–Kier alpha value is -2.27. The van der Waals surface area contributed by atoms with E-state index >= 15 is 0 Å². The van der Waals surface area contributed by atoms with Crippen LogP contribution in [0.3, 0.4) is 0 Å². The molecule has 2 aromatic carbocycles. The number of rotatable bonds is 6. The fraction of sp³-hybridized carbons (Fsp3) is 0.222. The first-order valence-corrected chi connectivity index (χ1v) is 8.37. The fourth-order valence-electron chi connectivity index (χ4n) is 2.00. The summed E-state index contributed by atoms with van der Waals surface area (Å²) in [7, 11) is 1.97. The van der Waals surface area contributed by atoms with Gasteiger partial charge in [-0.25, -0.2) is 4.99 Å². The van der Waals surface area contributed by atoms with Crippen molar-refractivity contribution in [3.8, 4) is 0 Å². The number of benzene rings is 2. The monoisotopic (exact) mass is 328 g/mol. The second kappa shape index (κ2) is 9.00. The highest BCUT2D eigenvalue weighted by molar-refractivity contribution is 8.13. The smallest absolute Gasteiger partial charge is 0.304 e. The van der Waals surface area contributed by atoms with E-state index in [9.17, 15) is 4.79 Å². The summed E-state index contributed by atoms with van der Waals surface area (Å²) < 4.78 is 0. The minimum atomic E-state index is -0.790. The van der Waals surface area contributed by atoms with Crippen molar-refractivity contribution < 1.29 is 9.90 Å². The highest BCUT2D eigenvalue weighted by atomic mass is 32.2. The molecule has 2 rings (SSSR count). The van der Waals surface area contributed by atoms with Crippen molar-refractivity contribution >= 4 is 28.6 Å². The van der Waals surface area contributed by atoms with Gasteiger partial charge in [0.15, 0.2) is 5.17 Å². The molecule has 0 atom stereocenters. The number of thioether (sulfide) groups is 1. The Bertz CT molecular complexity index is 645. The van der Waals surface area contributed by atoms with Gasteiger partial charge in [-0.05, 0) is 17.7 Å². The van der Waals surface area contributed by atoms with Crippen LogP contribution in [-0.4, -0.2) is 33.9 Å². The summed E-state index contributed by atoms with van der Waals surface area (Å²) in [5, 5.41) is 9.64. The first-order chi connectivity index (χ1) is 11.1. The molecule has 0 aromatic heterocycles. The molecule has 0 radical (unpaired) electrons. The lowest BCUT2D eigenvalue weighted by Crippen LogP contribution is -2.24. The third kappa shape index (κ3) is 6.16. The van der Waals surface area contributed by atoms with Crippen LogP contribution in [0.1, 0.15) is 12.0 Å². The summed E-state index contributed by atoms with van der Waals surface area (Å²) in [6.45, 7) is 0.729. The lowest BCUT2D eigenvalue weighted by molar-refractivity contribution is -0.136. The van der Waals surface area contributed by atoms with Gasteiger partial charge in [0.05, 0.1) is 12.1 Å². The molecular formula is C18H20N2O2S. The molecule has 0 aliphatic heterocycles. The first kappa shape index (κ1) is 17.1. The predicted octanol–water partition coefficient (Wildman–Crippen LogP) is 4.01. The van der Waals surface area contributed by atoms with Gasteiger partial charge in [0, 0.05) is 19.3 Å². The Balaban J connectivity index is 2.11. The molecule has 1 N–H and O–H groups in total. The van der Waals surface area contributed by atoms with E-state index in [2.05, 4.69) is 22.0 Å². The molecule has 2 aromatic rings. The summed E-state index contributed by atoms with van der Waals surface area (Å²) in [5.74, 6) is -0.289. The molecule has 120 valence electrons. The van der Waals surface area contributed by atoms with Gasteiger partial charge in [0.2, 0.25) is 0 Å². The average molecular weight is 328 g/mol. The van der Waals surface area contributed by atoms with Crippen molar-refractivity contribution in [1.82, 2.24) is 4.90 Å². The Kier molecular flexibility index (Phi) is 6.69. The third-order valence-electron chi connectivity index (χ3n) is 3.12. The highest BCUT2D eigenvalue weighted by Gasteiger charge is 2.10. The number of carboxylic acids is 1. The normalized spacial score (nSPS) is 11.3. The predicted molar refractivity (Wildman–Crippen MR) is 96.2 cm³/mol. The first-order valence-electron chi connectivity index (χ1n) is 7.38. The summed E-state index contributed by atoms with van der Waals surface area (Å²) >= 11 is 1.47. The summed E-state index contributed by atoms with van der Waals surface area (Å²) in [5.41, 5.74) is 2.06. The highest BCUT2D eigenvalue weighted by Crippen LogP contribution is 2.19. The van der Waals surface area contributed by atoms with Crippen LogP contribution in [0, 0.1) is 0 Å². The van der Waals surface area contributed by atoms with Crippen LogP contribution >= 0.6 is 11.8 Å². The number of hydrogen-bond donors (Lipinski definition) is 1. The zero-order valence-electron chi connectivity index (χ0n) is 13.1. The molecular weight excluding hydrogens is 308 g/mol. The average Bonchev–Trinajstić information content (AvgIpc) is 2.55. The maximum Gasteiger partial charge on any atom is 0.304 e. The molecule has 23 heavy (non-hydrogen) atoms. The topological polar surface area (TPSA) is 52.9 Å². The molecule has 0 bridgehead atoms. The maximum absolute atomic E-state index is 10.7. The van der Waals surface area contributed by atoms with Gasteiger partial charge in [0.1, 0.15) is 0 Å². The number of aliphatic carboxylic acids is 1. The van der Waals surface area contributed by atoms with Crippen molar-refractivity contribution in [1.29, 1.82) is 0 Å². The zero-order valence-corrected chi connectivity index (χ0v) is 13.9. The van der Waals surface area contributed by atoms with Gasteiger partial charge in [-0.2, -0.15) is 0 Å². The number of carboxylic acid groups (broad SMARTS) is 1. The number of nitrogens with zero attached hydrogens (tertiary/aromatic N) is 2. The number of hydrogen-bond acceptors (Lipinski definition) is 3. The molecule has 0 fully saturated rings. The molecule has 0 aliphatic carbocycles. The maximum atomic E-state index is 10.7. The molecule has 0 heterocycles. The van der Waals surface area contributed by atoms with Crippen molar-refractivity contribution in [2.75, 3.05) is 12.8 Å². The Morgan fingerprint density at radius 3 is 2.30 bits per heavy atom. The van der Waals surface area contributed by atoms with Gasteiger partial charge in [-0.1, -0.05) is 60.3 Å². The van der Waals surface area contributed by atoms with Crippen LogP contribution in [0.15, 0.2) is 65.7 Å². The van der Waals surface area contributed by atoms with Gasteiger partial charge in [-0.15, -0.1) is 0 Å². The lowest BCUT2D eigenvalue weighted by Gasteiger charge is -2.21. The van der Waals surface area contributed by atoms with Crippen LogP contribution in [0.4, 0.5) is 5.69 Å². The van der Waals surface area contributed by atoms with Gasteiger partial charge in [-0.3, -0.25) is 4.79 Å². The largest absolute Gasteiger partial charge is 0.481 e. The van der Waals surface area contributed by atoms with E-state index in [0.717, 1.165) is 17.4 Å². The summed E-state index contributed by atoms with van der Waals surface area (Å²) in [4.78, 5) is 17.4. The van der Waals surface area contributed by atoms with E-state index in [1.165, 1.54) is 17.3 Å². The summed E-state index contributed by atoms with van der Waals surface area (Å²) in [6, 6.07) is 19.8. The number of para-hydroxylation sites is 1. The minimum Gasteiger partial charge on any atom is -0.481 e. The van der Waals surface area contributed by atoms with Crippen LogP contribution in [0.2, 0.25) is 0 Å². The minimum absolute atomic E-state index is 0.123. The van der Waals surface area contributed by atoms with Gasteiger partial charge in [0.25, 0.3) is 0 Å². The fourth-order valence-corrected chi connectivity index (χ4v) is 2.91.